The molecule has 1 nitrogen and oxygen atoms in total. The monoisotopic (exact) mass is 197 g/mol. The zero-order valence-corrected chi connectivity index (χ0v) is 9.53. The minimum Gasteiger partial charge on any atom is -0.330 e. The number of rotatable bonds is 4. The second-order valence-corrected chi connectivity index (χ2v) is 4.68. The van der Waals surface area contributed by atoms with Gasteiger partial charge >= 0.3 is 0 Å². The van der Waals surface area contributed by atoms with Crippen LogP contribution in [-0.2, 0) is 0 Å². The van der Waals surface area contributed by atoms with E-state index in [9.17, 15) is 0 Å². The Hall–Kier alpha value is -0.340. The standard InChI is InChI=1S/C11H19NS/c1-8(2)10(4-5-12)11-7-13-6-9(11)3/h6-8,10H,4-5,12H2,1-3H3. The first kappa shape index (κ1) is 10.7. The number of hydrogen-bond acceptors (Lipinski definition) is 2. The van der Waals surface area contributed by atoms with Crippen molar-refractivity contribution < 1.29 is 0 Å². The van der Waals surface area contributed by atoms with E-state index in [2.05, 4.69) is 31.5 Å². The van der Waals surface area contributed by atoms with E-state index in [0.29, 0.717) is 11.8 Å². The third-order valence-electron chi connectivity index (χ3n) is 2.58. The fraction of sp³-hybridized carbons (Fsp3) is 0.636. The van der Waals surface area contributed by atoms with Gasteiger partial charge in [-0.15, -0.1) is 0 Å². The summed E-state index contributed by atoms with van der Waals surface area (Å²) in [5.74, 6) is 1.34. The highest BCUT2D eigenvalue weighted by Crippen LogP contribution is 2.31. The van der Waals surface area contributed by atoms with E-state index in [-0.39, 0.29) is 0 Å². The molecule has 1 heterocycles. The lowest BCUT2D eigenvalue weighted by Gasteiger charge is -2.20. The summed E-state index contributed by atoms with van der Waals surface area (Å²) < 4.78 is 0. The van der Waals surface area contributed by atoms with Crippen molar-refractivity contribution in [3.05, 3.63) is 21.9 Å². The second kappa shape index (κ2) is 4.77. The molecular weight excluding hydrogens is 178 g/mol. The molecule has 74 valence electrons. The summed E-state index contributed by atoms with van der Waals surface area (Å²) in [6, 6.07) is 0. The molecule has 0 amide bonds. The van der Waals surface area contributed by atoms with Crippen molar-refractivity contribution >= 4 is 11.3 Å². The highest BCUT2D eigenvalue weighted by molar-refractivity contribution is 7.08. The van der Waals surface area contributed by atoms with Crippen molar-refractivity contribution in [3.8, 4) is 0 Å². The van der Waals surface area contributed by atoms with Gasteiger partial charge in [0.05, 0.1) is 0 Å². The molecule has 0 bridgehead atoms. The lowest BCUT2D eigenvalue weighted by Crippen LogP contribution is -2.12. The lowest BCUT2D eigenvalue weighted by molar-refractivity contribution is 0.473. The van der Waals surface area contributed by atoms with Gasteiger partial charge in [-0.1, -0.05) is 13.8 Å². The van der Waals surface area contributed by atoms with Crippen molar-refractivity contribution in [1.82, 2.24) is 0 Å². The maximum absolute atomic E-state index is 5.63. The molecule has 0 aliphatic carbocycles. The quantitative estimate of drug-likeness (QED) is 0.788. The predicted octanol–water partition coefficient (Wildman–Crippen LogP) is 3.14. The van der Waals surface area contributed by atoms with Crippen molar-refractivity contribution in [3.63, 3.8) is 0 Å². The van der Waals surface area contributed by atoms with Crippen LogP contribution in [-0.4, -0.2) is 6.54 Å². The van der Waals surface area contributed by atoms with E-state index in [4.69, 9.17) is 5.73 Å². The first-order valence-electron chi connectivity index (χ1n) is 4.89. The highest BCUT2D eigenvalue weighted by atomic mass is 32.1. The normalized spacial score (nSPS) is 13.6. The Morgan fingerprint density at radius 2 is 2.08 bits per heavy atom. The first-order chi connectivity index (χ1) is 6.16. The van der Waals surface area contributed by atoms with Crippen LogP contribution in [0.1, 0.15) is 37.3 Å². The zero-order chi connectivity index (χ0) is 9.84. The lowest BCUT2D eigenvalue weighted by atomic mass is 9.86. The highest BCUT2D eigenvalue weighted by Gasteiger charge is 2.17. The molecule has 1 unspecified atom stereocenters. The second-order valence-electron chi connectivity index (χ2n) is 3.94. The number of aryl methyl sites for hydroxylation is 1. The van der Waals surface area contributed by atoms with E-state index < -0.39 is 0 Å². The number of hydrogen-bond donors (Lipinski definition) is 1. The third kappa shape index (κ3) is 2.55. The Kier molecular flexibility index (Phi) is 3.94. The maximum atomic E-state index is 5.63. The summed E-state index contributed by atoms with van der Waals surface area (Å²) >= 11 is 1.80. The maximum Gasteiger partial charge on any atom is -0.00556 e. The molecule has 2 N–H and O–H groups in total. The van der Waals surface area contributed by atoms with Crippen molar-refractivity contribution in [1.29, 1.82) is 0 Å². The Bertz CT molecular complexity index is 252. The van der Waals surface area contributed by atoms with Gasteiger partial charge in [-0.05, 0) is 53.6 Å². The van der Waals surface area contributed by atoms with Gasteiger partial charge in [0, 0.05) is 0 Å². The summed E-state index contributed by atoms with van der Waals surface area (Å²) in [5, 5.41) is 4.50. The van der Waals surface area contributed by atoms with Crippen LogP contribution in [0.5, 0.6) is 0 Å². The minimum atomic E-state index is 0.649. The van der Waals surface area contributed by atoms with Crippen LogP contribution >= 0.6 is 11.3 Å². The van der Waals surface area contributed by atoms with E-state index in [1.165, 1.54) is 11.1 Å². The van der Waals surface area contributed by atoms with Gasteiger partial charge in [-0.2, -0.15) is 11.3 Å². The minimum absolute atomic E-state index is 0.649. The van der Waals surface area contributed by atoms with Gasteiger partial charge in [-0.25, -0.2) is 0 Å². The van der Waals surface area contributed by atoms with Crippen LogP contribution in [0.3, 0.4) is 0 Å². The molecule has 0 radical (unpaired) electrons. The Labute approximate surface area is 85.0 Å². The Morgan fingerprint density at radius 3 is 2.46 bits per heavy atom. The van der Waals surface area contributed by atoms with Gasteiger partial charge in [-0.3, -0.25) is 0 Å². The average Bonchev–Trinajstić information content (AvgIpc) is 2.47. The van der Waals surface area contributed by atoms with Gasteiger partial charge < -0.3 is 5.73 Å². The summed E-state index contributed by atoms with van der Waals surface area (Å²) in [6.07, 6.45) is 1.11. The van der Waals surface area contributed by atoms with Crippen LogP contribution in [0.15, 0.2) is 10.8 Å². The molecule has 13 heavy (non-hydrogen) atoms. The molecule has 1 atom stereocenters. The van der Waals surface area contributed by atoms with Gasteiger partial charge in [0.2, 0.25) is 0 Å². The summed E-state index contributed by atoms with van der Waals surface area (Å²) in [7, 11) is 0. The van der Waals surface area contributed by atoms with Gasteiger partial charge in [0.15, 0.2) is 0 Å². The fourth-order valence-electron chi connectivity index (χ4n) is 1.78. The third-order valence-corrected chi connectivity index (χ3v) is 3.46. The topological polar surface area (TPSA) is 26.0 Å². The average molecular weight is 197 g/mol. The van der Waals surface area contributed by atoms with Crippen LogP contribution in [0.2, 0.25) is 0 Å². The van der Waals surface area contributed by atoms with E-state index >= 15 is 0 Å². The molecule has 0 saturated heterocycles. The van der Waals surface area contributed by atoms with E-state index in [1.807, 2.05) is 0 Å². The predicted molar refractivity (Wildman–Crippen MR) is 60.3 cm³/mol. The van der Waals surface area contributed by atoms with Crippen LogP contribution in [0, 0.1) is 12.8 Å². The molecule has 0 fully saturated rings. The molecule has 0 saturated carbocycles. The van der Waals surface area contributed by atoms with Crippen LogP contribution in [0.4, 0.5) is 0 Å². The van der Waals surface area contributed by atoms with Crippen molar-refractivity contribution in [2.45, 2.75) is 33.1 Å². The largest absolute Gasteiger partial charge is 0.330 e. The summed E-state index contributed by atoms with van der Waals surface area (Å²) in [5.41, 5.74) is 8.56. The molecule has 0 aromatic carbocycles. The molecule has 0 aliphatic heterocycles. The molecular formula is C11H19NS. The smallest absolute Gasteiger partial charge is 0.00556 e. The molecule has 0 spiro atoms. The Morgan fingerprint density at radius 1 is 1.38 bits per heavy atom. The van der Waals surface area contributed by atoms with Crippen molar-refractivity contribution in [2.75, 3.05) is 6.54 Å². The summed E-state index contributed by atoms with van der Waals surface area (Å²) in [4.78, 5) is 0. The summed E-state index contributed by atoms with van der Waals surface area (Å²) in [6.45, 7) is 7.53. The molecule has 1 aromatic heterocycles. The van der Waals surface area contributed by atoms with Gasteiger partial charge in [0.1, 0.15) is 0 Å². The van der Waals surface area contributed by atoms with E-state index in [0.717, 1.165) is 13.0 Å². The zero-order valence-electron chi connectivity index (χ0n) is 8.71. The first-order valence-corrected chi connectivity index (χ1v) is 5.83. The SMILES string of the molecule is Cc1cscc1C(CCN)C(C)C. The van der Waals surface area contributed by atoms with E-state index in [1.54, 1.807) is 11.3 Å². The molecule has 0 aliphatic rings. The number of thiophene rings is 1. The van der Waals surface area contributed by atoms with Crippen LogP contribution < -0.4 is 5.73 Å². The fourth-order valence-corrected chi connectivity index (χ4v) is 2.69. The van der Waals surface area contributed by atoms with Crippen molar-refractivity contribution in [2.24, 2.45) is 11.7 Å². The molecule has 1 aromatic rings. The van der Waals surface area contributed by atoms with Gasteiger partial charge in [0.25, 0.3) is 0 Å². The molecule has 1 rings (SSSR count). The Balaban J connectivity index is 2.82. The number of nitrogens with two attached hydrogens (primary N) is 1. The van der Waals surface area contributed by atoms with Crippen LogP contribution in [0.25, 0.3) is 0 Å². The molecule has 2 heteroatoms.